The first-order chi connectivity index (χ1) is 34.7. The molecule has 6 fully saturated rings. The number of benzene rings is 2. The number of fused-ring (bicyclic) bond motifs is 1. The van der Waals surface area contributed by atoms with Gasteiger partial charge < -0.3 is 97.0 Å². The zero-order chi connectivity index (χ0) is 51.4. The molecule has 11 unspecified atom stereocenters. The lowest BCUT2D eigenvalue weighted by Crippen LogP contribution is -2.66. The van der Waals surface area contributed by atoms with E-state index in [2.05, 4.69) is 20.8 Å². The normalized spacial score (nSPS) is 45.9. The first kappa shape index (κ1) is 55.9. The quantitative estimate of drug-likeness (QED) is 0.125. The molecule has 26 atom stereocenters. The topological polar surface area (TPSA) is 251 Å². The maximum absolute atomic E-state index is 11.5. The third kappa shape index (κ3) is 12.1. The molecule has 0 spiro atoms. The summed E-state index contributed by atoms with van der Waals surface area (Å²) < 4.78 is 87.6. The zero-order valence-electron chi connectivity index (χ0n) is 42.4. The molecule has 0 amide bonds. The van der Waals surface area contributed by atoms with Crippen LogP contribution in [0.25, 0.3) is 0 Å². The lowest BCUT2D eigenvalue weighted by Gasteiger charge is -2.51. The number of methoxy groups -OCH3 is 2. The summed E-state index contributed by atoms with van der Waals surface area (Å²) in [4.78, 5) is 0. The molecular formula is C52H78O20. The van der Waals surface area contributed by atoms with Crippen LogP contribution in [0.5, 0.6) is 0 Å². The van der Waals surface area contributed by atoms with Crippen molar-refractivity contribution in [2.45, 2.75) is 177 Å². The summed E-state index contributed by atoms with van der Waals surface area (Å²) in [5, 5.41) is 66.5. The van der Waals surface area contributed by atoms with Gasteiger partial charge in [-0.25, -0.2) is 0 Å². The molecule has 6 aliphatic rings. The molecule has 6 N–H and O–H groups in total. The highest BCUT2D eigenvalue weighted by Gasteiger charge is 2.56. The predicted molar refractivity (Wildman–Crippen MR) is 251 cm³/mol. The molecule has 406 valence electrons. The van der Waals surface area contributed by atoms with Crippen molar-refractivity contribution in [1.82, 2.24) is 0 Å². The number of hydrogen-bond donors (Lipinski definition) is 6. The Morgan fingerprint density at radius 1 is 0.500 bits per heavy atom. The number of hydrogen-bond acceptors (Lipinski definition) is 20. The third-order valence-electron chi connectivity index (χ3n) is 15.8. The largest absolute Gasteiger partial charge is 0.394 e. The van der Waals surface area contributed by atoms with Gasteiger partial charge in [0.1, 0.15) is 73.2 Å². The summed E-state index contributed by atoms with van der Waals surface area (Å²) in [5.74, 6) is -0.816. The van der Waals surface area contributed by atoms with E-state index >= 15 is 0 Å². The van der Waals surface area contributed by atoms with Crippen LogP contribution in [0.2, 0.25) is 0 Å². The summed E-state index contributed by atoms with van der Waals surface area (Å²) in [6.07, 6.45) is -21.3. The van der Waals surface area contributed by atoms with Crippen LogP contribution in [0.3, 0.4) is 0 Å². The van der Waals surface area contributed by atoms with Gasteiger partial charge in [-0.1, -0.05) is 95.3 Å². The van der Waals surface area contributed by atoms with E-state index in [-0.39, 0.29) is 55.2 Å². The van der Waals surface area contributed by atoms with E-state index in [0.717, 1.165) is 11.1 Å². The van der Waals surface area contributed by atoms with Gasteiger partial charge in [-0.15, -0.1) is 0 Å². The molecule has 20 nitrogen and oxygen atoms in total. The number of ether oxygens (including phenoxy) is 14. The minimum absolute atomic E-state index is 0.00986. The van der Waals surface area contributed by atoms with Crippen LogP contribution in [0.1, 0.15) is 59.0 Å². The van der Waals surface area contributed by atoms with Crippen LogP contribution in [-0.2, 0) is 72.9 Å². The molecule has 6 heterocycles. The molecule has 0 saturated carbocycles. The second-order valence-corrected chi connectivity index (χ2v) is 20.4. The number of aliphatic hydroxyl groups excluding tert-OH is 6. The monoisotopic (exact) mass is 1020 g/mol. The van der Waals surface area contributed by atoms with Gasteiger partial charge in [-0.05, 0) is 30.2 Å². The van der Waals surface area contributed by atoms with Crippen LogP contribution in [-0.4, -0.2) is 201 Å². The standard InChI is InChI=1S/C52H78O20/c1-25-26(2)43(36(63-30(25)6)23-61-21-31-15-11-9-12-16-31)70-52-45(60-8)29(5)44(35(67-52)22-59-7)68-48-28(4)27(3)42(33(19-53)64-48)69-50-40(57)38(55)46(34(20-54)65-50)72-51-41(58)39(56)47-37(66-51)24-62-49(71-47)32-17-13-10-14-18-32/h9-18,25-30,33-58H,19-24H2,1-8H3/t25?,26-,27?,28?,29?,30+,33+,34?,35+,36?,37?,38-,39-,40?,41?,42+,43+,44+,45?,46-,47-,48-,49?,50+,51-,52+/m1/s1. The molecule has 20 heteroatoms. The summed E-state index contributed by atoms with van der Waals surface area (Å²) in [7, 11) is 3.19. The van der Waals surface area contributed by atoms with Crippen molar-refractivity contribution in [3.8, 4) is 0 Å². The van der Waals surface area contributed by atoms with E-state index < -0.39 is 130 Å². The van der Waals surface area contributed by atoms with Gasteiger partial charge in [0.05, 0.1) is 64.1 Å². The van der Waals surface area contributed by atoms with Crippen molar-refractivity contribution in [3.05, 3.63) is 71.8 Å². The van der Waals surface area contributed by atoms with Crippen molar-refractivity contribution >= 4 is 0 Å². The number of rotatable bonds is 18. The summed E-state index contributed by atoms with van der Waals surface area (Å²) in [5.41, 5.74) is 1.78. The maximum Gasteiger partial charge on any atom is 0.187 e. The highest BCUT2D eigenvalue weighted by molar-refractivity contribution is 5.17. The summed E-state index contributed by atoms with van der Waals surface area (Å²) in [6, 6.07) is 19.1. The van der Waals surface area contributed by atoms with E-state index in [1.54, 1.807) is 14.2 Å². The Morgan fingerprint density at radius 2 is 1.04 bits per heavy atom. The lowest BCUT2D eigenvalue weighted by atomic mass is 9.81. The van der Waals surface area contributed by atoms with Crippen LogP contribution >= 0.6 is 0 Å². The minimum Gasteiger partial charge on any atom is -0.394 e. The van der Waals surface area contributed by atoms with Crippen LogP contribution in [0.4, 0.5) is 0 Å². The Morgan fingerprint density at radius 3 is 1.72 bits per heavy atom. The number of aliphatic hydroxyl groups is 6. The van der Waals surface area contributed by atoms with E-state index in [0.29, 0.717) is 13.2 Å². The molecule has 0 aromatic heterocycles. The fraction of sp³-hybridized carbons (Fsp3) is 0.769. The predicted octanol–water partition coefficient (Wildman–Crippen LogP) is 1.82. The molecule has 6 saturated heterocycles. The highest BCUT2D eigenvalue weighted by Crippen LogP contribution is 2.42. The van der Waals surface area contributed by atoms with E-state index in [4.69, 9.17) is 66.3 Å². The van der Waals surface area contributed by atoms with Gasteiger partial charge in [0.25, 0.3) is 0 Å². The van der Waals surface area contributed by atoms with Gasteiger partial charge >= 0.3 is 0 Å². The van der Waals surface area contributed by atoms with Gasteiger partial charge in [0, 0.05) is 31.6 Å². The lowest BCUT2D eigenvalue weighted by molar-refractivity contribution is -0.393. The third-order valence-corrected chi connectivity index (χ3v) is 15.8. The highest BCUT2D eigenvalue weighted by atomic mass is 16.8. The first-order valence-electron chi connectivity index (χ1n) is 25.5. The zero-order valence-corrected chi connectivity index (χ0v) is 42.4. The summed E-state index contributed by atoms with van der Waals surface area (Å²) >= 11 is 0. The van der Waals surface area contributed by atoms with Crippen LogP contribution in [0, 0.1) is 29.6 Å². The Bertz CT molecular complexity index is 1920. The molecule has 6 aliphatic heterocycles. The van der Waals surface area contributed by atoms with Gasteiger partial charge in [0.15, 0.2) is 31.5 Å². The van der Waals surface area contributed by atoms with Crippen LogP contribution < -0.4 is 0 Å². The Balaban J connectivity index is 0.887. The maximum atomic E-state index is 11.5. The van der Waals surface area contributed by atoms with E-state index in [1.807, 2.05) is 81.4 Å². The SMILES string of the molecule is COC[C@@H]1O[C@@H](O[C@@H]2C(COCc3ccccc3)O[C@@H](C)C(C)[C@H]2C)C(OC)C(C)[C@@H]1O[C@H]1O[C@@H](CO)[C@@H](O[C@@H]2OC(CO)[C@@H](O[C@H]3OC4COC(c5ccccc5)O[C@H]4[C@H](O)C3O)[C@H](O)C2O)C(C)C1C. The van der Waals surface area contributed by atoms with Gasteiger partial charge in [0.2, 0.25) is 0 Å². The molecule has 72 heavy (non-hydrogen) atoms. The Kier molecular flexibility index (Phi) is 19.5. The average Bonchev–Trinajstić information content (AvgIpc) is 3.39. The second kappa shape index (κ2) is 25.2. The van der Waals surface area contributed by atoms with Crippen molar-refractivity contribution < 1.29 is 97.0 Å². The smallest absolute Gasteiger partial charge is 0.187 e. The van der Waals surface area contributed by atoms with Crippen LogP contribution in [0.15, 0.2) is 60.7 Å². The van der Waals surface area contributed by atoms with E-state index in [1.165, 1.54) is 0 Å². The van der Waals surface area contributed by atoms with Crippen molar-refractivity contribution in [2.75, 3.05) is 47.3 Å². The van der Waals surface area contributed by atoms with Gasteiger partial charge in [-0.2, -0.15) is 0 Å². The van der Waals surface area contributed by atoms with Gasteiger partial charge in [-0.3, -0.25) is 0 Å². The van der Waals surface area contributed by atoms with Crippen molar-refractivity contribution in [2.24, 2.45) is 29.6 Å². The minimum atomic E-state index is -1.75. The molecule has 0 radical (unpaired) electrons. The fourth-order valence-electron chi connectivity index (χ4n) is 11.0. The second-order valence-electron chi connectivity index (χ2n) is 20.4. The molecular weight excluding hydrogens is 945 g/mol. The molecule has 0 aliphatic carbocycles. The molecule has 2 aromatic rings. The van der Waals surface area contributed by atoms with E-state index in [9.17, 15) is 30.6 Å². The summed E-state index contributed by atoms with van der Waals surface area (Å²) in [6.45, 7) is 11.9. The fourth-order valence-corrected chi connectivity index (χ4v) is 11.0. The van der Waals surface area contributed by atoms with Crippen molar-refractivity contribution in [3.63, 3.8) is 0 Å². The van der Waals surface area contributed by atoms with Crippen molar-refractivity contribution in [1.29, 1.82) is 0 Å². The first-order valence-corrected chi connectivity index (χ1v) is 25.5. The molecule has 8 rings (SSSR count). The Hall–Kier alpha value is -2.36. The molecule has 0 bridgehead atoms. The Labute approximate surface area is 421 Å². The average molecular weight is 1020 g/mol. The molecule has 2 aromatic carbocycles.